The van der Waals surface area contributed by atoms with Crippen LogP contribution in [0, 0.1) is 0 Å². The van der Waals surface area contributed by atoms with Crippen molar-refractivity contribution in [1.82, 2.24) is 10.3 Å². The Labute approximate surface area is 134 Å². The molecule has 21 heavy (non-hydrogen) atoms. The molecule has 3 rings (SSSR count). The molecule has 0 aliphatic carbocycles. The SMILES string of the molecule is CNCc1cnc(N2CCN(c3ccc(Cl)cc3)CC2)s1. The van der Waals surface area contributed by atoms with Crippen molar-refractivity contribution < 1.29 is 0 Å². The van der Waals surface area contributed by atoms with Crippen LogP contribution in [0.25, 0.3) is 0 Å². The second-order valence-corrected chi connectivity index (χ2v) is 6.62. The second kappa shape index (κ2) is 6.64. The monoisotopic (exact) mass is 322 g/mol. The van der Waals surface area contributed by atoms with Gasteiger partial charge in [-0.1, -0.05) is 11.6 Å². The maximum absolute atomic E-state index is 5.94. The number of nitrogens with zero attached hydrogens (tertiary/aromatic N) is 3. The minimum atomic E-state index is 0.789. The van der Waals surface area contributed by atoms with Crippen molar-refractivity contribution in [2.75, 3.05) is 43.0 Å². The molecule has 1 saturated heterocycles. The predicted molar refractivity (Wildman–Crippen MR) is 90.8 cm³/mol. The van der Waals surface area contributed by atoms with Crippen LogP contribution in [-0.2, 0) is 6.54 Å². The number of halogens is 1. The number of thiazole rings is 1. The van der Waals surface area contributed by atoms with Gasteiger partial charge in [-0.25, -0.2) is 4.98 Å². The Hall–Kier alpha value is -1.30. The van der Waals surface area contributed by atoms with E-state index in [1.54, 1.807) is 11.3 Å². The first kappa shape index (κ1) is 14.6. The lowest BCUT2D eigenvalue weighted by Crippen LogP contribution is -2.46. The van der Waals surface area contributed by atoms with Crippen LogP contribution >= 0.6 is 22.9 Å². The first-order valence-corrected chi connectivity index (χ1v) is 8.30. The summed E-state index contributed by atoms with van der Waals surface area (Å²) in [7, 11) is 1.96. The molecule has 4 nitrogen and oxygen atoms in total. The lowest BCUT2D eigenvalue weighted by atomic mass is 10.2. The average molecular weight is 323 g/mol. The van der Waals surface area contributed by atoms with Crippen molar-refractivity contribution in [3.05, 3.63) is 40.4 Å². The predicted octanol–water partition coefficient (Wildman–Crippen LogP) is 2.84. The lowest BCUT2D eigenvalue weighted by molar-refractivity contribution is 0.652. The highest BCUT2D eigenvalue weighted by Crippen LogP contribution is 2.25. The third-order valence-electron chi connectivity index (χ3n) is 3.63. The molecule has 1 fully saturated rings. The summed E-state index contributed by atoms with van der Waals surface area (Å²) in [4.78, 5) is 10.6. The first-order chi connectivity index (χ1) is 10.3. The highest BCUT2D eigenvalue weighted by Gasteiger charge is 2.19. The zero-order valence-electron chi connectivity index (χ0n) is 12.1. The Balaban J connectivity index is 1.60. The van der Waals surface area contributed by atoms with Crippen molar-refractivity contribution >= 4 is 33.8 Å². The van der Waals surface area contributed by atoms with Crippen LogP contribution in [0.1, 0.15) is 4.88 Å². The quantitative estimate of drug-likeness (QED) is 0.938. The molecule has 0 bridgehead atoms. The standard InChI is InChI=1S/C15H19ClN4S/c1-17-10-14-11-18-15(21-14)20-8-6-19(7-9-20)13-4-2-12(16)3-5-13/h2-5,11,17H,6-10H2,1H3. The van der Waals surface area contributed by atoms with Crippen molar-refractivity contribution in [1.29, 1.82) is 0 Å². The van der Waals surface area contributed by atoms with Gasteiger partial charge in [0.05, 0.1) is 0 Å². The van der Waals surface area contributed by atoms with Crippen molar-refractivity contribution in [3.8, 4) is 0 Å². The molecule has 0 radical (unpaired) electrons. The van der Waals surface area contributed by atoms with Crippen molar-refractivity contribution in [3.63, 3.8) is 0 Å². The highest BCUT2D eigenvalue weighted by molar-refractivity contribution is 7.15. The van der Waals surface area contributed by atoms with E-state index in [1.807, 2.05) is 25.4 Å². The molecule has 112 valence electrons. The summed E-state index contributed by atoms with van der Waals surface area (Å²) in [5.41, 5.74) is 1.24. The molecule has 0 unspecified atom stereocenters. The number of nitrogens with one attached hydrogen (secondary N) is 1. The Morgan fingerprint density at radius 3 is 2.48 bits per heavy atom. The zero-order chi connectivity index (χ0) is 14.7. The second-order valence-electron chi connectivity index (χ2n) is 5.09. The van der Waals surface area contributed by atoms with Crippen molar-refractivity contribution in [2.24, 2.45) is 0 Å². The molecular formula is C15H19ClN4S. The summed E-state index contributed by atoms with van der Waals surface area (Å²) in [6.45, 7) is 4.94. The van der Waals surface area contributed by atoms with E-state index >= 15 is 0 Å². The van der Waals surface area contributed by atoms with Gasteiger partial charge in [0.15, 0.2) is 5.13 Å². The van der Waals surface area contributed by atoms with E-state index in [1.165, 1.54) is 10.6 Å². The molecule has 0 saturated carbocycles. The number of rotatable bonds is 4. The average Bonchev–Trinajstić information content (AvgIpc) is 2.97. The maximum atomic E-state index is 5.94. The van der Waals surface area contributed by atoms with Crippen LogP contribution in [0.15, 0.2) is 30.5 Å². The van der Waals surface area contributed by atoms with Gasteiger partial charge in [0, 0.05) is 54.5 Å². The Morgan fingerprint density at radius 1 is 1.14 bits per heavy atom. The van der Waals surface area contributed by atoms with E-state index < -0.39 is 0 Å². The summed E-state index contributed by atoms with van der Waals surface area (Å²) in [6, 6.07) is 8.08. The third-order valence-corrected chi connectivity index (χ3v) is 4.94. The van der Waals surface area contributed by atoms with E-state index in [0.29, 0.717) is 0 Å². The van der Waals surface area contributed by atoms with Gasteiger partial charge in [-0.2, -0.15) is 0 Å². The minimum absolute atomic E-state index is 0.789. The molecule has 1 aliphatic rings. The topological polar surface area (TPSA) is 31.4 Å². The molecule has 0 atom stereocenters. The van der Waals surface area contributed by atoms with E-state index in [2.05, 4.69) is 32.2 Å². The van der Waals surface area contributed by atoms with Gasteiger partial charge in [0.1, 0.15) is 0 Å². The molecule has 1 aliphatic heterocycles. The summed E-state index contributed by atoms with van der Waals surface area (Å²) in [6.07, 6.45) is 1.97. The van der Waals surface area contributed by atoms with Crippen LogP contribution in [-0.4, -0.2) is 38.2 Å². The maximum Gasteiger partial charge on any atom is 0.185 e. The normalized spacial score (nSPS) is 15.5. The van der Waals surface area contributed by atoms with E-state index in [9.17, 15) is 0 Å². The van der Waals surface area contributed by atoms with Crippen LogP contribution in [0.4, 0.5) is 10.8 Å². The number of aromatic nitrogens is 1. The first-order valence-electron chi connectivity index (χ1n) is 7.11. The van der Waals surface area contributed by atoms with Gasteiger partial charge in [-0.3, -0.25) is 0 Å². The largest absolute Gasteiger partial charge is 0.368 e. The van der Waals surface area contributed by atoms with Gasteiger partial charge in [-0.05, 0) is 31.3 Å². The number of hydrogen-bond donors (Lipinski definition) is 1. The molecule has 1 N–H and O–H groups in total. The molecular weight excluding hydrogens is 304 g/mol. The summed E-state index contributed by atoms with van der Waals surface area (Å²) in [5.74, 6) is 0. The van der Waals surface area contributed by atoms with Gasteiger partial charge in [0.2, 0.25) is 0 Å². The van der Waals surface area contributed by atoms with Crippen molar-refractivity contribution in [2.45, 2.75) is 6.54 Å². The van der Waals surface area contributed by atoms with Gasteiger partial charge in [-0.15, -0.1) is 11.3 Å². The molecule has 1 aromatic carbocycles. The van der Waals surface area contributed by atoms with Gasteiger partial charge < -0.3 is 15.1 Å². The Bertz CT molecular complexity index is 576. The van der Waals surface area contributed by atoms with Crippen LogP contribution in [0.3, 0.4) is 0 Å². The number of anilines is 2. The molecule has 0 amide bonds. The fourth-order valence-corrected chi connectivity index (χ4v) is 3.61. The minimum Gasteiger partial charge on any atom is -0.368 e. The van der Waals surface area contributed by atoms with Crippen LogP contribution in [0.5, 0.6) is 0 Å². The summed E-state index contributed by atoms with van der Waals surface area (Å²) in [5, 5.41) is 5.09. The Morgan fingerprint density at radius 2 is 1.81 bits per heavy atom. The molecule has 2 aromatic rings. The van der Waals surface area contributed by atoms with Gasteiger partial charge >= 0.3 is 0 Å². The molecule has 0 spiro atoms. The molecule has 1 aromatic heterocycles. The number of benzene rings is 1. The molecule has 2 heterocycles. The third kappa shape index (κ3) is 3.48. The van der Waals surface area contributed by atoms with Crippen LogP contribution in [0.2, 0.25) is 5.02 Å². The summed E-state index contributed by atoms with van der Waals surface area (Å²) >= 11 is 7.72. The zero-order valence-corrected chi connectivity index (χ0v) is 13.6. The number of piperazine rings is 1. The summed E-state index contributed by atoms with van der Waals surface area (Å²) < 4.78 is 0. The lowest BCUT2D eigenvalue weighted by Gasteiger charge is -2.36. The fraction of sp³-hybridized carbons (Fsp3) is 0.400. The van der Waals surface area contributed by atoms with E-state index in [4.69, 9.17) is 11.6 Å². The van der Waals surface area contributed by atoms with E-state index in [0.717, 1.165) is 42.9 Å². The highest BCUT2D eigenvalue weighted by atomic mass is 35.5. The van der Waals surface area contributed by atoms with Gasteiger partial charge in [0.25, 0.3) is 0 Å². The fourth-order valence-electron chi connectivity index (χ4n) is 2.51. The Kier molecular flexibility index (Phi) is 4.63. The number of hydrogen-bond acceptors (Lipinski definition) is 5. The molecule has 6 heteroatoms. The van der Waals surface area contributed by atoms with Crippen LogP contribution < -0.4 is 15.1 Å². The smallest absolute Gasteiger partial charge is 0.185 e. The van der Waals surface area contributed by atoms with E-state index in [-0.39, 0.29) is 0 Å².